The number of sulfonamides is 1. The van der Waals surface area contributed by atoms with Gasteiger partial charge in [0, 0.05) is 24.5 Å². The van der Waals surface area contributed by atoms with Gasteiger partial charge >= 0.3 is 0 Å². The fourth-order valence-corrected chi connectivity index (χ4v) is 3.84. The normalized spacial score (nSPS) is 11.6. The predicted octanol–water partition coefficient (Wildman–Crippen LogP) is 2.18. The number of hydrogen-bond acceptors (Lipinski definition) is 4. The van der Waals surface area contributed by atoms with Crippen LogP contribution in [0.15, 0.2) is 41.8 Å². The van der Waals surface area contributed by atoms with Crippen LogP contribution in [0, 0.1) is 6.92 Å². The summed E-state index contributed by atoms with van der Waals surface area (Å²) in [6.45, 7) is 2.83. The van der Waals surface area contributed by atoms with E-state index in [-0.39, 0.29) is 12.5 Å². The Bertz CT molecular complexity index is 771. The van der Waals surface area contributed by atoms with E-state index in [0.717, 1.165) is 16.0 Å². The molecule has 0 bridgehead atoms. The molecule has 1 aromatic heterocycles. The maximum absolute atomic E-state index is 12.0. The van der Waals surface area contributed by atoms with Crippen molar-refractivity contribution in [2.75, 3.05) is 19.3 Å². The predicted molar refractivity (Wildman–Crippen MR) is 97.5 cm³/mol. The van der Waals surface area contributed by atoms with Crippen LogP contribution in [-0.2, 0) is 27.8 Å². The molecular formula is C17H22N2O3S2. The average Bonchev–Trinajstić information content (AvgIpc) is 2.98. The molecule has 1 aromatic carbocycles. The third-order valence-electron chi connectivity index (χ3n) is 3.51. The van der Waals surface area contributed by atoms with Gasteiger partial charge in [-0.15, -0.1) is 11.3 Å². The molecule has 0 aliphatic rings. The van der Waals surface area contributed by atoms with E-state index in [4.69, 9.17) is 0 Å². The van der Waals surface area contributed by atoms with Crippen molar-refractivity contribution in [3.8, 4) is 0 Å². The van der Waals surface area contributed by atoms with Crippen molar-refractivity contribution in [3.05, 3.63) is 57.8 Å². The molecule has 1 amide bonds. The molecule has 24 heavy (non-hydrogen) atoms. The van der Waals surface area contributed by atoms with Crippen LogP contribution in [0.4, 0.5) is 0 Å². The number of hydrogen-bond donors (Lipinski definition) is 1. The zero-order valence-corrected chi connectivity index (χ0v) is 15.5. The molecule has 2 aromatic rings. The molecule has 0 radical (unpaired) electrons. The summed E-state index contributed by atoms with van der Waals surface area (Å²) in [6.07, 6.45) is 1.52. The fourth-order valence-electron chi connectivity index (χ4n) is 2.33. The molecule has 0 saturated heterocycles. The number of benzene rings is 1. The Morgan fingerprint density at radius 3 is 2.67 bits per heavy atom. The summed E-state index contributed by atoms with van der Waals surface area (Å²) in [6, 6.07) is 11.6. The number of amides is 1. The highest BCUT2D eigenvalue weighted by Crippen LogP contribution is 2.11. The molecule has 0 aliphatic heterocycles. The Labute approximate surface area is 147 Å². The van der Waals surface area contributed by atoms with Crippen molar-refractivity contribution in [1.82, 2.24) is 9.62 Å². The SMILES string of the molecule is Cc1cccc(CN(CCNC(=O)Cc2cccs2)S(C)(=O)=O)c1. The van der Waals surface area contributed by atoms with E-state index in [1.54, 1.807) is 0 Å². The first-order chi connectivity index (χ1) is 11.3. The quantitative estimate of drug-likeness (QED) is 0.779. The summed E-state index contributed by atoms with van der Waals surface area (Å²) in [4.78, 5) is 12.9. The number of carbonyl (C=O) groups excluding carboxylic acids is 1. The second kappa shape index (κ2) is 8.41. The highest BCUT2D eigenvalue weighted by atomic mass is 32.2. The number of nitrogens with one attached hydrogen (secondary N) is 1. The first-order valence-electron chi connectivity index (χ1n) is 7.64. The minimum Gasteiger partial charge on any atom is -0.354 e. The summed E-state index contributed by atoms with van der Waals surface area (Å²) < 4.78 is 25.3. The number of rotatable bonds is 8. The van der Waals surface area contributed by atoms with Gasteiger partial charge in [-0.25, -0.2) is 8.42 Å². The first kappa shape index (κ1) is 18.6. The molecule has 130 valence electrons. The maximum Gasteiger partial charge on any atom is 0.225 e. The lowest BCUT2D eigenvalue weighted by Gasteiger charge is -2.20. The Kier molecular flexibility index (Phi) is 6.53. The molecule has 0 spiro atoms. The van der Waals surface area contributed by atoms with Gasteiger partial charge in [-0.05, 0) is 23.9 Å². The topological polar surface area (TPSA) is 66.5 Å². The van der Waals surface area contributed by atoms with Gasteiger partial charge in [0.15, 0.2) is 0 Å². The lowest BCUT2D eigenvalue weighted by Crippen LogP contribution is -2.38. The van der Waals surface area contributed by atoms with E-state index in [9.17, 15) is 13.2 Å². The van der Waals surface area contributed by atoms with Crippen molar-refractivity contribution >= 4 is 27.3 Å². The Balaban J connectivity index is 1.89. The fraction of sp³-hybridized carbons (Fsp3) is 0.353. The summed E-state index contributed by atoms with van der Waals surface area (Å²) in [5, 5.41) is 4.71. The van der Waals surface area contributed by atoms with Gasteiger partial charge in [0.1, 0.15) is 0 Å². The first-order valence-corrected chi connectivity index (χ1v) is 10.4. The minimum absolute atomic E-state index is 0.0959. The van der Waals surface area contributed by atoms with Crippen molar-refractivity contribution in [2.45, 2.75) is 19.9 Å². The van der Waals surface area contributed by atoms with E-state index in [0.29, 0.717) is 19.5 Å². The third kappa shape index (κ3) is 6.07. The van der Waals surface area contributed by atoms with Crippen LogP contribution >= 0.6 is 11.3 Å². The summed E-state index contributed by atoms with van der Waals surface area (Å²) in [7, 11) is -3.34. The van der Waals surface area contributed by atoms with Crippen molar-refractivity contribution in [2.24, 2.45) is 0 Å². The second-order valence-corrected chi connectivity index (χ2v) is 8.71. The zero-order chi connectivity index (χ0) is 17.6. The van der Waals surface area contributed by atoms with Crippen LogP contribution in [0.1, 0.15) is 16.0 Å². The smallest absolute Gasteiger partial charge is 0.225 e. The van der Waals surface area contributed by atoms with E-state index < -0.39 is 10.0 Å². The summed E-state index contributed by atoms with van der Waals surface area (Å²) in [5.41, 5.74) is 2.02. The Hall–Kier alpha value is -1.70. The van der Waals surface area contributed by atoms with E-state index in [1.165, 1.54) is 21.9 Å². The number of carbonyl (C=O) groups is 1. The Morgan fingerprint density at radius 2 is 2.04 bits per heavy atom. The highest BCUT2D eigenvalue weighted by molar-refractivity contribution is 7.88. The van der Waals surface area contributed by atoms with Gasteiger partial charge in [0.25, 0.3) is 0 Å². The van der Waals surface area contributed by atoms with Gasteiger partial charge < -0.3 is 5.32 Å². The molecule has 2 rings (SSSR count). The molecule has 0 aliphatic carbocycles. The lowest BCUT2D eigenvalue weighted by molar-refractivity contribution is -0.120. The summed E-state index contributed by atoms with van der Waals surface area (Å²) in [5.74, 6) is -0.0959. The molecule has 1 heterocycles. The third-order valence-corrected chi connectivity index (χ3v) is 5.63. The van der Waals surface area contributed by atoms with Gasteiger partial charge in [0.05, 0.1) is 12.7 Å². The van der Waals surface area contributed by atoms with Gasteiger partial charge in [-0.3, -0.25) is 4.79 Å². The largest absolute Gasteiger partial charge is 0.354 e. The molecule has 0 atom stereocenters. The van der Waals surface area contributed by atoms with Crippen LogP contribution in [0.2, 0.25) is 0 Å². The van der Waals surface area contributed by atoms with Crippen LogP contribution in [0.25, 0.3) is 0 Å². The van der Waals surface area contributed by atoms with Crippen molar-refractivity contribution < 1.29 is 13.2 Å². The molecular weight excluding hydrogens is 344 g/mol. The van der Waals surface area contributed by atoms with E-state index >= 15 is 0 Å². The monoisotopic (exact) mass is 366 g/mol. The molecule has 1 N–H and O–H groups in total. The standard InChI is InChI=1S/C17H22N2O3S2/c1-14-5-3-6-15(11-14)13-19(24(2,21)22)9-8-18-17(20)12-16-7-4-10-23-16/h3-7,10-11H,8-9,12-13H2,1-2H3,(H,18,20). The van der Waals surface area contributed by atoms with Crippen molar-refractivity contribution in [1.29, 1.82) is 0 Å². The number of nitrogens with zero attached hydrogens (tertiary/aromatic N) is 1. The second-order valence-electron chi connectivity index (χ2n) is 5.69. The van der Waals surface area contributed by atoms with Crippen LogP contribution in [-0.4, -0.2) is 38.0 Å². The van der Waals surface area contributed by atoms with Gasteiger partial charge in [0.2, 0.25) is 15.9 Å². The molecule has 0 saturated carbocycles. The highest BCUT2D eigenvalue weighted by Gasteiger charge is 2.17. The number of thiophene rings is 1. The maximum atomic E-state index is 12.0. The van der Waals surface area contributed by atoms with Gasteiger partial charge in [-0.2, -0.15) is 4.31 Å². The molecule has 0 fully saturated rings. The van der Waals surface area contributed by atoms with Crippen LogP contribution < -0.4 is 5.32 Å². The van der Waals surface area contributed by atoms with Crippen LogP contribution in [0.5, 0.6) is 0 Å². The molecule has 0 unspecified atom stereocenters. The lowest BCUT2D eigenvalue weighted by atomic mass is 10.1. The van der Waals surface area contributed by atoms with Gasteiger partial charge in [-0.1, -0.05) is 35.9 Å². The average molecular weight is 367 g/mol. The van der Waals surface area contributed by atoms with Crippen LogP contribution in [0.3, 0.4) is 0 Å². The van der Waals surface area contributed by atoms with E-state index in [1.807, 2.05) is 48.7 Å². The summed E-state index contributed by atoms with van der Waals surface area (Å²) >= 11 is 1.53. The molecule has 7 heteroatoms. The Morgan fingerprint density at radius 1 is 1.25 bits per heavy atom. The zero-order valence-electron chi connectivity index (χ0n) is 13.9. The number of aryl methyl sites for hydroxylation is 1. The minimum atomic E-state index is -3.34. The molecule has 5 nitrogen and oxygen atoms in total. The van der Waals surface area contributed by atoms with E-state index in [2.05, 4.69) is 5.32 Å². The van der Waals surface area contributed by atoms with Crippen molar-refractivity contribution in [3.63, 3.8) is 0 Å².